The molecule has 0 aromatic carbocycles. The van der Waals surface area contributed by atoms with Crippen LogP contribution in [0.1, 0.15) is 29.9 Å². The third kappa shape index (κ3) is 2.01. The van der Waals surface area contributed by atoms with Crippen LogP contribution < -0.4 is 0 Å². The largest absolute Gasteiger partial charge is 0.296 e. The highest BCUT2D eigenvalue weighted by atomic mass is 16.1. The number of aromatic amines is 1. The summed E-state index contributed by atoms with van der Waals surface area (Å²) in [6.07, 6.45) is 2.37. The second-order valence-electron chi connectivity index (χ2n) is 1.58. The molecule has 1 aromatic heterocycles. The van der Waals surface area contributed by atoms with Gasteiger partial charge in [0.15, 0.2) is 6.29 Å². The predicted octanol–water partition coefficient (Wildman–Crippen LogP) is 1.56. The Bertz CT molecular complexity index is 193. The first kappa shape index (κ1) is 8.88. The summed E-state index contributed by atoms with van der Waals surface area (Å²) in [7, 11) is 0. The van der Waals surface area contributed by atoms with Gasteiger partial charge >= 0.3 is 0 Å². The van der Waals surface area contributed by atoms with E-state index in [-0.39, 0.29) is 0 Å². The van der Waals surface area contributed by atoms with Gasteiger partial charge in [0.05, 0.1) is 6.20 Å². The zero-order valence-electron chi connectivity index (χ0n) is 6.51. The summed E-state index contributed by atoms with van der Waals surface area (Å²) in [4.78, 5) is 10.0. The van der Waals surface area contributed by atoms with E-state index in [0.29, 0.717) is 5.69 Å². The van der Waals surface area contributed by atoms with E-state index >= 15 is 0 Å². The molecule has 0 fully saturated rings. The number of H-pyrrole nitrogens is 1. The summed E-state index contributed by atoms with van der Waals surface area (Å²) in [5, 5.41) is 6.17. The molecule has 3 nitrogen and oxygen atoms in total. The van der Waals surface area contributed by atoms with E-state index in [9.17, 15) is 4.79 Å². The fraction of sp³-hybridized carbons (Fsp3) is 0.429. The van der Waals surface area contributed by atoms with Crippen molar-refractivity contribution in [3.63, 3.8) is 0 Å². The van der Waals surface area contributed by atoms with Gasteiger partial charge in [-0.3, -0.25) is 9.89 Å². The molecule has 0 aliphatic carbocycles. The molecule has 0 saturated heterocycles. The molecule has 1 N–H and O–H groups in total. The molecule has 3 heteroatoms. The molecule has 1 heterocycles. The summed E-state index contributed by atoms with van der Waals surface area (Å²) in [5.74, 6) is 0. The Morgan fingerprint density at radius 3 is 2.40 bits per heavy atom. The van der Waals surface area contributed by atoms with Gasteiger partial charge in [-0.25, -0.2) is 0 Å². The molecule has 1 rings (SSSR count). The van der Waals surface area contributed by atoms with Gasteiger partial charge in [-0.1, -0.05) is 13.8 Å². The third-order valence-electron chi connectivity index (χ3n) is 0.986. The lowest BCUT2D eigenvalue weighted by atomic mass is 10.3. The van der Waals surface area contributed by atoms with Crippen LogP contribution in [0.15, 0.2) is 6.20 Å². The maximum Gasteiger partial charge on any atom is 0.168 e. The minimum absolute atomic E-state index is 0.560. The summed E-state index contributed by atoms with van der Waals surface area (Å²) in [6, 6.07) is 0. The molecule has 0 saturated carbocycles. The molecule has 0 unspecified atom stereocenters. The van der Waals surface area contributed by atoms with Crippen molar-refractivity contribution >= 4 is 6.29 Å². The predicted molar refractivity (Wildman–Crippen MR) is 40.1 cm³/mol. The lowest BCUT2D eigenvalue weighted by molar-refractivity contribution is 0.111. The lowest BCUT2D eigenvalue weighted by Crippen LogP contribution is -1.80. The Morgan fingerprint density at radius 2 is 2.20 bits per heavy atom. The van der Waals surface area contributed by atoms with E-state index in [1.54, 1.807) is 6.20 Å². The van der Waals surface area contributed by atoms with Crippen molar-refractivity contribution in [2.24, 2.45) is 0 Å². The molecule has 0 aliphatic heterocycles. The second kappa shape index (κ2) is 4.73. The monoisotopic (exact) mass is 140 g/mol. The summed E-state index contributed by atoms with van der Waals surface area (Å²) < 4.78 is 0. The average molecular weight is 140 g/mol. The smallest absolute Gasteiger partial charge is 0.168 e. The molecular weight excluding hydrogens is 128 g/mol. The van der Waals surface area contributed by atoms with Crippen molar-refractivity contribution in [3.8, 4) is 0 Å². The molecule has 56 valence electrons. The number of aldehydes is 1. The fourth-order valence-corrected chi connectivity index (χ4v) is 0.476. The summed E-state index contributed by atoms with van der Waals surface area (Å²) >= 11 is 0. The van der Waals surface area contributed by atoms with Crippen molar-refractivity contribution < 1.29 is 4.79 Å². The van der Waals surface area contributed by atoms with Crippen LogP contribution in [0, 0.1) is 6.92 Å². The number of nitrogens with zero attached hydrogens (tertiary/aromatic N) is 1. The van der Waals surface area contributed by atoms with Crippen LogP contribution in [0.4, 0.5) is 0 Å². The Kier molecular flexibility index (Phi) is 4.20. The van der Waals surface area contributed by atoms with Crippen molar-refractivity contribution in [1.29, 1.82) is 0 Å². The van der Waals surface area contributed by atoms with Crippen LogP contribution in [0.3, 0.4) is 0 Å². The zero-order chi connectivity index (χ0) is 7.98. The number of hydrogen-bond donors (Lipinski definition) is 1. The first-order chi connectivity index (χ1) is 4.84. The Labute approximate surface area is 60.5 Å². The van der Waals surface area contributed by atoms with Gasteiger partial charge in [0.1, 0.15) is 5.69 Å². The van der Waals surface area contributed by atoms with Gasteiger partial charge in [0.25, 0.3) is 0 Å². The Morgan fingerprint density at radius 1 is 1.60 bits per heavy atom. The topological polar surface area (TPSA) is 45.8 Å². The molecule has 0 spiro atoms. The van der Waals surface area contributed by atoms with Gasteiger partial charge < -0.3 is 0 Å². The molecule has 0 aliphatic rings. The minimum atomic E-state index is 0.560. The van der Waals surface area contributed by atoms with Crippen LogP contribution in [0.25, 0.3) is 0 Å². The highest BCUT2D eigenvalue weighted by molar-refractivity contribution is 5.73. The van der Waals surface area contributed by atoms with Crippen molar-refractivity contribution in [3.05, 3.63) is 17.5 Å². The highest BCUT2D eigenvalue weighted by Crippen LogP contribution is 1.95. The maximum absolute atomic E-state index is 10.0. The summed E-state index contributed by atoms with van der Waals surface area (Å²) in [5.41, 5.74) is 1.45. The van der Waals surface area contributed by atoms with Gasteiger partial charge in [-0.15, -0.1) is 0 Å². The lowest BCUT2D eigenvalue weighted by Gasteiger charge is -1.78. The second-order valence-corrected chi connectivity index (χ2v) is 1.58. The normalized spacial score (nSPS) is 7.90. The Balaban J connectivity index is 0.000000371. The number of carbonyl (C=O) groups is 1. The quantitative estimate of drug-likeness (QED) is 0.601. The van der Waals surface area contributed by atoms with Crippen LogP contribution in [-0.4, -0.2) is 16.5 Å². The molecule has 0 atom stereocenters. The van der Waals surface area contributed by atoms with Crippen LogP contribution in [0.5, 0.6) is 0 Å². The van der Waals surface area contributed by atoms with E-state index in [0.717, 1.165) is 11.8 Å². The number of hydrogen-bond acceptors (Lipinski definition) is 2. The number of aryl methyl sites for hydroxylation is 1. The molecular formula is C7H12N2O. The van der Waals surface area contributed by atoms with Crippen molar-refractivity contribution in [2.75, 3.05) is 0 Å². The number of aromatic nitrogens is 2. The third-order valence-corrected chi connectivity index (χ3v) is 0.986. The van der Waals surface area contributed by atoms with Crippen molar-refractivity contribution in [1.82, 2.24) is 10.2 Å². The Hall–Kier alpha value is -1.12. The minimum Gasteiger partial charge on any atom is -0.296 e. The van der Waals surface area contributed by atoms with E-state index in [4.69, 9.17) is 0 Å². The molecule has 0 radical (unpaired) electrons. The van der Waals surface area contributed by atoms with Gasteiger partial charge in [-0.05, 0) is 12.5 Å². The molecule has 0 bridgehead atoms. The number of rotatable bonds is 1. The number of carbonyl (C=O) groups excluding carboxylic acids is 1. The average Bonchev–Trinajstić information content (AvgIpc) is 2.39. The van der Waals surface area contributed by atoms with E-state index in [2.05, 4.69) is 10.2 Å². The highest BCUT2D eigenvalue weighted by Gasteiger charge is 1.93. The van der Waals surface area contributed by atoms with E-state index < -0.39 is 0 Å². The van der Waals surface area contributed by atoms with Gasteiger partial charge in [0, 0.05) is 0 Å². The number of nitrogens with one attached hydrogen (secondary N) is 1. The molecule has 10 heavy (non-hydrogen) atoms. The molecule has 1 aromatic rings. The van der Waals surface area contributed by atoms with E-state index in [1.807, 2.05) is 20.8 Å². The van der Waals surface area contributed by atoms with Crippen molar-refractivity contribution in [2.45, 2.75) is 20.8 Å². The van der Waals surface area contributed by atoms with Gasteiger partial charge in [-0.2, -0.15) is 5.10 Å². The SMILES string of the molecule is CC.Cc1cn[nH]c1C=O. The van der Waals surface area contributed by atoms with Crippen LogP contribution in [0.2, 0.25) is 0 Å². The van der Waals surface area contributed by atoms with Crippen LogP contribution >= 0.6 is 0 Å². The first-order valence-corrected chi connectivity index (χ1v) is 3.29. The van der Waals surface area contributed by atoms with E-state index in [1.165, 1.54) is 0 Å². The fourth-order valence-electron chi connectivity index (χ4n) is 0.476. The summed E-state index contributed by atoms with van der Waals surface area (Å²) in [6.45, 7) is 5.83. The maximum atomic E-state index is 10.0. The standard InChI is InChI=1S/C5H6N2O.C2H6/c1-4-2-6-7-5(4)3-8;1-2/h2-3H,1H3,(H,6,7);1-2H3. The first-order valence-electron chi connectivity index (χ1n) is 3.29. The van der Waals surface area contributed by atoms with Crippen LogP contribution in [-0.2, 0) is 0 Å². The zero-order valence-corrected chi connectivity index (χ0v) is 6.51. The van der Waals surface area contributed by atoms with Gasteiger partial charge in [0.2, 0.25) is 0 Å². The molecule has 0 amide bonds.